The van der Waals surface area contributed by atoms with Crippen LogP contribution in [0.5, 0.6) is 11.5 Å². The third kappa shape index (κ3) is 3.73. The van der Waals surface area contributed by atoms with Crippen LogP contribution in [-0.2, 0) is 0 Å². The summed E-state index contributed by atoms with van der Waals surface area (Å²) in [6.45, 7) is 0.996. The first kappa shape index (κ1) is 13.9. The van der Waals surface area contributed by atoms with Crippen molar-refractivity contribution in [3.8, 4) is 11.5 Å². The zero-order chi connectivity index (χ0) is 14.5. The summed E-state index contributed by atoms with van der Waals surface area (Å²) in [6, 6.07) is 17.6. The van der Waals surface area contributed by atoms with E-state index in [9.17, 15) is 0 Å². The molecule has 0 bridgehead atoms. The largest absolute Gasteiger partial charge is 0.490 e. The molecule has 3 nitrogen and oxygen atoms in total. The van der Waals surface area contributed by atoms with Crippen molar-refractivity contribution in [1.29, 1.82) is 0 Å². The van der Waals surface area contributed by atoms with Gasteiger partial charge >= 0.3 is 0 Å². The number of nitrogens with zero attached hydrogens (tertiary/aromatic N) is 1. The number of fused-ring (bicyclic) bond motifs is 1. The second-order valence-corrected chi connectivity index (χ2v) is 5.42. The Labute approximate surface area is 131 Å². The van der Waals surface area contributed by atoms with Crippen LogP contribution in [0.4, 0.5) is 0 Å². The maximum atomic E-state index is 5.69. The van der Waals surface area contributed by atoms with Gasteiger partial charge in [-0.05, 0) is 42.5 Å². The van der Waals surface area contributed by atoms with Crippen molar-refractivity contribution in [3.63, 3.8) is 0 Å². The van der Waals surface area contributed by atoms with Gasteiger partial charge in [0.1, 0.15) is 24.7 Å². The minimum Gasteiger partial charge on any atom is -0.490 e. The minimum atomic E-state index is 0.494. The number of aromatic nitrogens is 1. The average Bonchev–Trinajstić information content (AvgIpc) is 2.53. The highest BCUT2D eigenvalue weighted by Crippen LogP contribution is 2.19. The molecule has 0 saturated heterocycles. The van der Waals surface area contributed by atoms with Gasteiger partial charge in [-0.15, -0.1) is 0 Å². The number of pyridine rings is 1. The van der Waals surface area contributed by atoms with Gasteiger partial charge in [0.2, 0.25) is 0 Å². The third-order valence-electron chi connectivity index (χ3n) is 3.01. The number of halogens is 1. The molecule has 0 aliphatic rings. The van der Waals surface area contributed by atoms with Crippen molar-refractivity contribution in [2.75, 3.05) is 13.2 Å². The topological polar surface area (TPSA) is 31.4 Å². The van der Waals surface area contributed by atoms with Crippen LogP contribution in [0.3, 0.4) is 0 Å². The van der Waals surface area contributed by atoms with E-state index in [1.807, 2.05) is 54.6 Å². The predicted molar refractivity (Wildman–Crippen MR) is 86.9 cm³/mol. The molecule has 1 heterocycles. The Balaban J connectivity index is 1.53. The summed E-state index contributed by atoms with van der Waals surface area (Å²) in [7, 11) is 0. The first-order chi connectivity index (χ1) is 10.3. The summed E-state index contributed by atoms with van der Waals surface area (Å²) in [5, 5.41) is 1.11. The van der Waals surface area contributed by atoms with Crippen molar-refractivity contribution in [2.45, 2.75) is 0 Å². The summed E-state index contributed by atoms with van der Waals surface area (Å²) in [6.07, 6.45) is 1.78. The second kappa shape index (κ2) is 6.59. The Bertz CT molecular complexity index is 728. The fourth-order valence-corrected chi connectivity index (χ4v) is 2.25. The second-order valence-electron chi connectivity index (χ2n) is 4.51. The summed E-state index contributed by atoms with van der Waals surface area (Å²) < 4.78 is 12.3. The lowest BCUT2D eigenvalue weighted by Crippen LogP contribution is -2.08. The fourth-order valence-electron chi connectivity index (χ4n) is 1.99. The molecule has 0 spiro atoms. The lowest BCUT2D eigenvalue weighted by atomic mass is 10.2. The Morgan fingerprint density at radius 2 is 1.57 bits per heavy atom. The highest BCUT2D eigenvalue weighted by Gasteiger charge is 1.99. The average molecular weight is 344 g/mol. The van der Waals surface area contributed by atoms with Crippen molar-refractivity contribution in [2.24, 2.45) is 0 Å². The van der Waals surface area contributed by atoms with Crippen LogP contribution >= 0.6 is 15.9 Å². The highest BCUT2D eigenvalue weighted by atomic mass is 79.9. The van der Waals surface area contributed by atoms with E-state index < -0.39 is 0 Å². The van der Waals surface area contributed by atoms with E-state index in [4.69, 9.17) is 9.47 Å². The molecule has 0 aliphatic carbocycles. The van der Waals surface area contributed by atoms with E-state index in [2.05, 4.69) is 20.9 Å². The van der Waals surface area contributed by atoms with Crippen LogP contribution in [0.25, 0.3) is 10.9 Å². The number of ether oxygens (including phenoxy) is 2. The number of benzene rings is 2. The van der Waals surface area contributed by atoms with E-state index in [0.717, 1.165) is 26.9 Å². The third-order valence-corrected chi connectivity index (χ3v) is 3.54. The molecule has 3 aromatic rings. The Morgan fingerprint density at radius 3 is 2.38 bits per heavy atom. The van der Waals surface area contributed by atoms with Gasteiger partial charge in [-0.2, -0.15) is 0 Å². The van der Waals surface area contributed by atoms with Crippen LogP contribution in [0.2, 0.25) is 0 Å². The SMILES string of the molecule is Brc1ccc(OCCOc2ccc3cccnc3c2)cc1. The van der Waals surface area contributed by atoms with Crippen LogP contribution in [-0.4, -0.2) is 18.2 Å². The van der Waals surface area contributed by atoms with Crippen molar-refractivity contribution in [1.82, 2.24) is 4.98 Å². The lowest BCUT2D eigenvalue weighted by Gasteiger charge is -2.09. The van der Waals surface area contributed by atoms with Crippen molar-refractivity contribution in [3.05, 3.63) is 65.3 Å². The molecule has 4 heteroatoms. The lowest BCUT2D eigenvalue weighted by molar-refractivity contribution is 0.217. The first-order valence-electron chi connectivity index (χ1n) is 6.67. The molecular formula is C17H14BrNO2. The minimum absolute atomic E-state index is 0.494. The van der Waals surface area contributed by atoms with E-state index >= 15 is 0 Å². The smallest absolute Gasteiger partial charge is 0.122 e. The molecule has 0 radical (unpaired) electrons. The molecule has 0 fully saturated rings. The van der Waals surface area contributed by atoms with Gasteiger partial charge in [-0.1, -0.05) is 22.0 Å². The number of hydrogen-bond donors (Lipinski definition) is 0. The van der Waals surface area contributed by atoms with Crippen LogP contribution in [0.15, 0.2) is 65.3 Å². The molecule has 1 aromatic heterocycles. The zero-order valence-electron chi connectivity index (χ0n) is 11.3. The summed E-state index contributed by atoms with van der Waals surface area (Å²) in [5.74, 6) is 1.64. The molecular weight excluding hydrogens is 330 g/mol. The standard InChI is InChI=1S/C17H14BrNO2/c18-14-4-7-15(8-5-14)20-10-11-21-16-6-3-13-2-1-9-19-17(13)12-16/h1-9,12H,10-11H2. The van der Waals surface area contributed by atoms with Gasteiger partial charge in [0.15, 0.2) is 0 Å². The maximum absolute atomic E-state index is 5.69. The Hall–Kier alpha value is -2.07. The van der Waals surface area contributed by atoms with Gasteiger partial charge in [-0.3, -0.25) is 4.98 Å². The summed E-state index contributed by atoms with van der Waals surface area (Å²) in [4.78, 5) is 4.31. The summed E-state index contributed by atoms with van der Waals surface area (Å²) in [5.41, 5.74) is 0.934. The van der Waals surface area contributed by atoms with E-state index in [1.165, 1.54) is 0 Å². The van der Waals surface area contributed by atoms with Crippen molar-refractivity contribution >= 4 is 26.8 Å². The Kier molecular flexibility index (Phi) is 4.36. The van der Waals surface area contributed by atoms with Gasteiger partial charge in [0.25, 0.3) is 0 Å². The zero-order valence-corrected chi connectivity index (χ0v) is 12.9. The molecule has 0 unspecified atom stereocenters. The fraction of sp³-hybridized carbons (Fsp3) is 0.118. The Morgan fingerprint density at radius 1 is 0.857 bits per heavy atom. The highest BCUT2D eigenvalue weighted by molar-refractivity contribution is 9.10. The van der Waals surface area contributed by atoms with Crippen LogP contribution in [0, 0.1) is 0 Å². The van der Waals surface area contributed by atoms with Gasteiger partial charge < -0.3 is 9.47 Å². The predicted octanol–water partition coefficient (Wildman–Crippen LogP) is 4.46. The molecule has 106 valence electrons. The molecule has 21 heavy (non-hydrogen) atoms. The van der Waals surface area contributed by atoms with E-state index in [0.29, 0.717) is 13.2 Å². The molecule has 0 N–H and O–H groups in total. The number of hydrogen-bond acceptors (Lipinski definition) is 3. The quantitative estimate of drug-likeness (QED) is 0.641. The van der Waals surface area contributed by atoms with Gasteiger partial charge in [0, 0.05) is 22.1 Å². The summed E-state index contributed by atoms with van der Waals surface area (Å²) >= 11 is 3.39. The molecule has 0 saturated carbocycles. The first-order valence-corrected chi connectivity index (χ1v) is 7.46. The molecule has 0 aliphatic heterocycles. The normalized spacial score (nSPS) is 10.5. The van der Waals surface area contributed by atoms with Crippen molar-refractivity contribution < 1.29 is 9.47 Å². The molecule has 3 rings (SSSR count). The van der Waals surface area contributed by atoms with E-state index in [-0.39, 0.29) is 0 Å². The van der Waals surface area contributed by atoms with Crippen LogP contribution < -0.4 is 9.47 Å². The monoisotopic (exact) mass is 343 g/mol. The number of rotatable bonds is 5. The van der Waals surface area contributed by atoms with Crippen LogP contribution in [0.1, 0.15) is 0 Å². The molecule has 2 aromatic carbocycles. The van der Waals surface area contributed by atoms with E-state index in [1.54, 1.807) is 6.20 Å². The maximum Gasteiger partial charge on any atom is 0.122 e. The molecule has 0 atom stereocenters. The van der Waals surface area contributed by atoms with Gasteiger partial charge in [-0.25, -0.2) is 0 Å². The van der Waals surface area contributed by atoms with Gasteiger partial charge in [0.05, 0.1) is 5.52 Å². The molecule has 0 amide bonds.